The third kappa shape index (κ3) is 3.56. The molecule has 0 unspecified atom stereocenters. The average molecular weight is 359 g/mol. The molecular weight excluding hydrogens is 335 g/mol. The van der Waals surface area contributed by atoms with Gasteiger partial charge in [-0.05, 0) is 56.5 Å². The number of rotatable bonds is 4. The molecule has 0 bridgehead atoms. The van der Waals surface area contributed by atoms with Gasteiger partial charge >= 0.3 is 0 Å². The number of aromatic nitrogens is 1. The third-order valence-electron chi connectivity index (χ3n) is 4.66. The van der Waals surface area contributed by atoms with E-state index in [4.69, 9.17) is 0 Å². The highest BCUT2D eigenvalue weighted by molar-refractivity contribution is 5.86. The van der Waals surface area contributed by atoms with Gasteiger partial charge in [0, 0.05) is 25.4 Å². The number of amides is 1. The van der Waals surface area contributed by atoms with Crippen LogP contribution in [-0.4, -0.2) is 16.9 Å². The third-order valence-corrected chi connectivity index (χ3v) is 4.66. The number of carbonyl (C=O) groups is 1. The second-order valence-electron chi connectivity index (χ2n) is 6.43. The number of hydrogen-bond donors (Lipinski definition) is 2. The number of nitrogens with one attached hydrogen (secondary N) is 2. The SMILES string of the molecule is CC1=C([C@@H](C)NC(=O)Cc2c(C)c3cc(F)ccc3[nH]c2=O)C[CH]N=N1.[HH].[HH]. The molecule has 1 atom stereocenters. The quantitative estimate of drug-likeness (QED) is 0.870. The van der Waals surface area contributed by atoms with Gasteiger partial charge in [-0.15, -0.1) is 0 Å². The zero-order chi connectivity index (χ0) is 18.8. The lowest BCUT2D eigenvalue weighted by molar-refractivity contribution is -0.120. The van der Waals surface area contributed by atoms with Crippen molar-refractivity contribution in [2.75, 3.05) is 0 Å². The lowest BCUT2D eigenvalue weighted by atomic mass is 10.00. The summed E-state index contributed by atoms with van der Waals surface area (Å²) in [5, 5.41) is 11.3. The maximum atomic E-state index is 13.5. The lowest BCUT2D eigenvalue weighted by Crippen LogP contribution is -2.37. The Balaban J connectivity index is 0.00000196. The molecule has 0 fully saturated rings. The van der Waals surface area contributed by atoms with E-state index in [2.05, 4.69) is 20.5 Å². The van der Waals surface area contributed by atoms with Crippen LogP contribution in [0.4, 0.5) is 4.39 Å². The van der Waals surface area contributed by atoms with Gasteiger partial charge in [0.25, 0.3) is 5.56 Å². The molecule has 139 valence electrons. The fraction of sp³-hybridized carbons (Fsp3) is 0.316. The maximum absolute atomic E-state index is 13.5. The minimum atomic E-state index is -0.387. The monoisotopic (exact) mass is 359 g/mol. The number of aryl methyl sites for hydroxylation is 1. The van der Waals surface area contributed by atoms with Gasteiger partial charge in [-0.25, -0.2) is 4.39 Å². The summed E-state index contributed by atoms with van der Waals surface area (Å²) in [6.45, 7) is 7.14. The van der Waals surface area contributed by atoms with Crippen molar-refractivity contribution < 1.29 is 12.0 Å². The van der Waals surface area contributed by atoms with Gasteiger partial charge in [0.1, 0.15) is 5.82 Å². The van der Waals surface area contributed by atoms with Crippen LogP contribution in [0.25, 0.3) is 10.9 Å². The van der Waals surface area contributed by atoms with Crippen molar-refractivity contribution in [2.45, 2.75) is 39.7 Å². The van der Waals surface area contributed by atoms with Gasteiger partial charge in [0.2, 0.25) is 5.91 Å². The molecule has 1 aromatic carbocycles. The molecule has 6 nitrogen and oxygen atoms in total. The summed E-state index contributed by atoms with van der Waals surface area (Å²) in [7, 11) is 0. The van der Waals surface area contributed by atoms with E-state index in [1.807, 2.05) is 13.8 Å². The van der Waals surface area contributed by atoms with Crippen molar-refractivity contribution >= 4 is 16.8 Å². The van der Waals surface area contributed by atoms with E-state index in [0.29, 0.717) is 28.5 Å². The number of fused-ring (bicyclic) bond motifs is 1. The Morgan fingerprint density at radius 1 is 1.42 bits per heavy atom. The molecule has 7 heteroatoms. The van der Waals surface area contributed by atoms with E-state index < -0.39 is 0 Å². The van der Waals surface area contributed by atoms with Crippen LogP contribution in [0, 0.1) is 19.3 Å². The number of allylic oxidation sites excluding steroid dienone is 1. The lowest BCUT2D eigenvalue weighted by Gasteiger charge is -2.20. The van der Waals surface area contributed by atoms with Crippen molar-refractivity contribution in [3.63, 3.8) is 0 Å². The molecule has 0 spiro atoms. The van der Waals surface area contributed by atoms with Crippen LogP contribution in [0.2, 0.25) is 0 Å². The van der Waals surface area contributed by atoms with Crippen LogP contribution >= 0.6 is 0 Å². The summed E-state index contributed by atoms with van der Waals surface area (Å²) in [5.41, 5.74) is 2.94. The standard InChI is InChI=1S/C19H20FN4O2.2H2/c1-10-15-8-13(20)4-5-17(15)23-19(26)16(10)9-18(25)22-11(2)14-6-7-21-24-12(14)3;;/h4-5,7-8,11H,6,9H2,1-3H3,(H,22,25)(H,23,26);2*1H/t11-;;/m1../s1. The van der Waals surface area contributed by atoms with Gasteiger partial charge in [-0.2, -0.15) is 10.2 Å². The molecule has 2 N–H and O–H groups in total. The molecule has 1 amide bonds. The van der Waals surface area contributed by atoms with Gasteiger partial charge in [-0.3, -0.25) is 9.59 Å². The molecule has 2 aromatic rings. The molecule has 1 aliphatic rings. The summed E-state index contributed by atoms with van der Waals surface area (Å²) in [6, 6.07) is 3.96. The largest absolute Gasteiger partial charge is 0.350 e. The first-order chi connectivity index (χ1) is 12.4. The molecule has 3 rings (SSSR count). The van der Waals surface area contributed by atoms with E-state index in [1.54, 1.807) is 13.5 Å². The molecule has 0 saturated carbocycles. The summed E-state index contributed by atoms with van der Waals surface area (Å²) in [6.07, 6.45) is 0.557. The van der Waals surface area contributed by atoms with Crippen molar-refractivity contribution in [3.8, 4) is 0 Å². The van der Waals surface area contributed by atoms with E-state index in [1.165, 1.54) is 18.2 Å². The van der Waals surface area contributed by atoms with Crippen molar-refractivity contribution in [1.82, 2.24) is 10.3 Å². The number of benzene rings is 1. The Hall–Kier alpha value is -2.83. The predicted molar refractivity (Wildman–Crippen MR) is 101 cm³/mol. The molecule has 0 saturated heterocycles. The molecule has 1 aliphatic heterocycles. The average Bonchev–Trinajstić information content (AvgIpc) is 2.59. The van der Waals surface area contributed by atoms with Crippen molar-refractivity contribution in [2.24, 2.45) is 10.2 Å². The highest BCUT2D eigenvalue weighted by atomic mass is 19.1. The first kappa shape index (κ1) is 18.0. The number of carbonyl (C=O) groups excluding carboxylic acids is 1. The summed E-state index contributed by atoms with van der Waals surface area (Å²) in [5.74, 6) is -0.661. The van der Waals surface area contributed by atoms with Crippen LogP contribution < -0.4 is 10.9 Å². The number of H-pyrrole nitrogens is 1. The Kier molecular flexibility index (Phi) is 4.97. The van der Waals surface area contributed by atoms with Gasteiger partial charge < -0.3 is 10.3 Å². The fourth-order valence-electron chi connectivity index (χ4n) is 3.19. The molecule has 2 heterocycles. The zero-order valence-electron chi connectivity index (χ0n) is 14.9. The molecular formula is C19H24FN4O2. The van der Waals surface area contributed by atoms with E-state index in [0.717, 1.165) is 11.3 Å². The van der Waals surface area contributed by atoms with Gasteiger partial charge in [-0.1, -0.05) is 0 Å². The first-order valence-electron chi connectivity index (χ1n) is 8.39. The molecule has 26 heavy (non-hydrogen) atoms. The van der Waals surface area contributed by atoms with Crippen LogP contribution in [0.1, 0.15) is 34.2 Å². The summed E-state index contributed by atoms with van der Waals surface area (Å²) < 4.78 is 13.5. The van der Waals surface area contributed by atoms with E-state index in [-0.39, 0.29) is 32.6 Å². The van der Waals surface area contributed by atoms with Crippen LogP contribution in [0.5, 0.6) is 0 Å². The predicted octanol–water partition coefficient (Wildman–Crippen LogP) is 3.81. The second kappa shape index (κ2) is 7.19. The van der Waals surface area contributed by atoms with Gasteiger partial charge in [0.15, 0.2) is 0 Å². The zero-order valence-corrected chi connectivity index (χ0v) is 14.9. The maximum Gasteiger partial charge on any atom is 0.252 e. The summed E-state index contributed by atoms with van der Waals surface area (Å²) in [4.78, 5) is 27.5. The van der Waals surface area contributed by atoms with Crippen LogP contribution in [0.3, 0.4) is 0 Å². The van der Waals surface area contributed by atoms with E-state index >= 15 is 0 Å². The Morgan fingerprint density at radius 3 is 2.92 bits per heavy atom. The molecule has 1 aromatic heterocycles. The smallest absolute Gasteiger partial charge is 0.252 e. The Bertz CT molecular complexity index is 1000. The number of hydrogen-bond acceptors (Lipinski definition) is 4. The first-order valence-corrected chi connectivity index (χ1v) is 8.39. The molecule has 1 radical (unpaired) electrons. The number of nitrogens with zero attached hydrogens (tertiary/aromatic N) is 2. The van der Waals surface area contributed by atoms with E-state index in [9.17, 15) is 14.0 Å². The Labute approximate surface area is 153 Å². The topological polar surface area (TPSA) is 86.7 Å². The summed E-state index contributed by atoms with van der Waals surface area (Å²) >= 11 is 0. The minimum Gasteiger partial charge on any atom is -0.350 e. The Morgan fingerprint density at radius 2 is 2.19 bits per heavy atom. The van der Waals surface area contributed by atoms with Crippen LogP contribution in [0.15, 0.2) is 44.5 Å². The van der Waals surface area contributed by atoms with Crippen molar-refractivity contribution in [1.29, 1.82) is 0 Å². The number of azo groups is 1. The minimum absolute atomic E-state index is 0. The number of halogens is 1. The second-order valence-corrected chi connectivity index (χ2v) is 6.43. The normalized spacial score (nSPS) is 15.4. The van der Waals surface area contributed by atoms with Crippen LogP contribution in [-0.2, 0) is 11.2 Å². The number of pyridine rings is 1. The number of aromatic amines is 1. The molecule has 0 aliphatic carbocycles. The van der Waals surface area contributed by atoms with Gasteiger partial charge in [0.05, 0.1) is 18.7 Å². The van der Waals surface area contributed by atoms with Crippen molar-refractivity contribution in [3.05, 3.63) is 63.3 Å². The fourth-order valence-corrected chi connectivity index (χ4v) is 3.19. The highest BCUT2D eigenvalue weighted by Crippen LogP contribution is 2.22. The highest BCUT2D eigenvalue weighted by Gasteiger charge is 2.19.